The van der Waals surface area contributed by atoms with Crippen LogP contribution in [0.3, 0.4) is 0 Å². The van der Waals surface area contributed by atoms with Crippen molar-refractivity contribution in [3.63, 3.8) is 0 Å². The van der Waals surface area contributed by atoms with Crippen LogP contribution in [-0.4, -0.2) is 12.5 Å². The SMILES string of the molecule is CC(C)CCNC(=O)c1c(Cl)cccc1Cl. The number of amides is 1. The van der Waals surface area contributed by atoms with E-state index in [1.54, 1.807) is 18.2 Å². The Balaban J connectivity index is 2.66. The van der Waals surface area contributed by atoms with Gasteiger partial charge in [-0.25, -0.2) is 0 Å². The summed E-state index contributed by atoms with van der Waals surface area (Å²) in [5.41, 5.74) is 0.356. The molecule has 0 aliphatic rings. The van der Waals surface area contributed by atoms with Gasteiger partial charge in [-0.1, -0.05) is 43.1 Å². The highest BCUT2D eigenvalue weighted by atomic mass is 35.5. The molecule has 0 fully saturated rings. The van der Waals surface area contributed by atoms with Crippen molar-refractivity contribution in [2.24, 2.45) is 5.92 Å². The molecule has 0 aliphatic heterocycles. The van der Waals surface area contributed by atoms with Crippen LogP contribution >= 0.6 is 23.2 Å². The molecule has 88 valence electrons. The molecule has 0 aliphatic carbocycles. The van der Waals surface area contributed by atoms with Gasteiger partial charge >= 0.3 is 0 Å². The van der Waals surface area contributed by atoms with E-state index in [0.29, 0.717) is 28.1 Å². The summed E-state index contributed by atoms with van der Waals surface area (Å²) < 4.78 is 0. The number of hydrogen-bond acceptors (Lipinski definition) is 1. The maximum atomic E-state index is 11.8. The lowest BCUT2D eigenvalue weighted by Crippen LogP contribution is -2.25. The second-order valence-electron chi connectivity index (χ2n) is 4.04. The van der Waals surface area contributed by atoms with Gasteiger partial charge in [0.25, 0.3) is 5.91 Å². The molecule has 0 radical (unpaired) electrons. The Labute approximate surface area is 106 Å². The standard InChI is InChI=1S/C12H15Cl2NO/c1-8(2)6-7-15-12(16)11-9(13)4-3-5-10(11)14/h3-5,8H,6-7H2,1-2H3,(H,15,16). The molecule has 2 nitrogen and oxygen atoms in total. The van der Waals surface area contributed by atoms with Crippen LogP contribution in [0.5, 0.6) is 0 Å². The molecule has 1 N–H and O–H groups in total. The molecule has 0 unspecified atom stereocenters. The van der Waals surface area contributed by atoms with E-state index >= 15 is 0 Å². The lowest BCUT2D eigenvalue weighted by atomic mass is 10.1. The topological polar surface area (TPSA) is 29.1 Å². The number of halogens is 2. The number of carbonyl (C=O) groups excluding carboxylic acids is 1. The molecule has 0 saturated heterocycles. The van der Waals surface area contributed by atoms with Crippen molar-refractivity contribution in [2.45, 2.75) is 20.3 Å². The normalized spacial score (nSPS) is 10.6. The lowest BCUT2D eigenvalue weighted by Gasteiger charge is -2.09. The molecular formula is C12H15Cl2NO. The molecule has 0 heterocycles. The summed E-state index contributed by atoms with van der Waals surface area (Å²) in [6.07, 6.45) is 0.938. The van der Waals surface area contributed by atoms with E-state index in [0.717, 1.165) is 6.42 Å². The minimum atomic E-state index is -0.212. The van der Waals surface area contributed by atoms with Crippen LogP contribution in [0.25, 0.3) is 0 Å². The van der Waals surface area contributed by atoms with Crippen LogP contribution in [-0.2, 0) is 0 Å². The highest BCUT2D eigenvalue weighted by Crippen LogP contribution is 2.23. The van der Waals surface area contributed by atoms with Gasteiger partial charge in [-0.3, -0.25) is 4.79 Å². The van der Waals surface area contributed by atoms with Crippen molar-refractivity contribution in [3.8, 4) is 0 Å². The molecule has 0 bridgehead atoms. The van der Waals surface area contributed by atoms with Gasteiger partial charge in [0.1, 0.15) is 0 Å². The van der Waals surface area contributed by atoms with E-state index in [9.17, 15) is 4.79 Å². The summed E-state index contributed by atoms with van der Waals surface area (Å²) >= 11 is 11.8. The highest BCUT2D eigenvalue weighted by Gasteiger charge is 2.13. The van der Waals surface area contributed by atoms with Crippen molar-refractivity contribution >= 4 is 29.1 Å². The average molecular weight is 260 g/mol. The van der Waals surface area contributed by atoms with Gasteiger partial charge in [0, 0.05) is 6.54 Å². The van der Waals surface area contributed by atoms with Gasteiger partial charge in [-0.2, -0.15) is 0 Å². The molecule has 1 rings (SSSR count). The summed E-state index contributed by atoms with van der Waals surface area (Å²) in [4.78, 5) is 11.8. The Morgan fingerprint density at radius 1 is 1.31 bits per heavy atom. The number of hydrogen-bond donors (Lipinski definition) is 1. The Morgan fingerprint density at radius 3 is 2.38 bits per heavy atom. The Hall–Kier alpha value is -0.730. The zero-order valence-corrected chi connectivity index (χ0v) is 10.9. The second-order valence-corrected chi connectivity index (χ2v) is 4.85. The van der Waals surface area contributed by atoms with Gasteiger partial charge in [0.2, 0.25) is 0 Å². The quantitative estimate of drug-likeness (QED) is 0.877. The van der Waals surface area contributed by atoms with Crippen LogP contribution in [0.15, 0.2) is 18.2 Å². The minimum absolute atomic E-state index is 0.212. The molecule has 0 saturated carbocycles. The number of nitrogens with one attached hydrogen (secondary N) is 1. The van der Waals surface area contributed by atoms with Gasteiger partial charge in [-0.05, 0) is 24.5 Å². The zero-order valence-electron chi connectivity index (χ0n) is 9.39. The van der Waals surface area contributed by atoms with E-state index in [-0.39, 0.29) is 5.91 Å². The predicted molar refractivity (Wildman–Crippen MR) is 68.3 cm³/mol. The zero-order chi connectivity index (χ0) is 12.1. The van der Waals surface area contributed by atoms with Crippen molar-refractivity contribution in [1.82, 2.24) is 5.32 Å². The fourth-order valence-corrected chi connectivity index (χ4v) is 1.85. The molecule has 4 heteroatoms. The monoisotopic (exact) mass is 259 g/mol. The molecule has 0 aromatic heterocycles. The lowest BCUT2D eigenvalue weighted by molar-refractivity contribution is 0.0952. The average Bonchev–Trinajstić information content (AvgIpc) is 2.16. The maximum absolute atomic E-state index is 11.8. The van der Waals surface area contributed by atoms with Crippen LogP contribution in [0, 0.1) is 5.92 Å². The Kier molecular flexibility index (Phi) is 5.10. The van der Waals surface area contributed by atoms with Crippen LogP contribution in [0.4, 0.5) is 0 Å². The number of benzene rings is 1. The third kappa shape index (κ3) is 3.69. The number of rotatable bonds is 4. The largest absolute Gasteiger partial charge is 0.352 e. The van der Waals surface area contributed by atoms with E-state index in [1.165, 1.54) is 0 Å². The fraction of sp³-hybridized carbons (Fsp3) is 0.417. The summed E-state index contributed by atoms with van der Waals surface area (Å²) in [6.45, 7) is 4.85. The fourth-order valence-electron chi connectivity index (χ4n) is 1.28. The molecule has 0 atom stereocenters. The molecule has 1 amide bonds. The molecule has 16 heavy (non-hydrogen) atoms. The first-order valence-corrected chi connectivity index (χ1v) is 6.00. The first-order valence-electron chi connectivity index (χ1n) is 5.24. The maximum Gasteiger partial charge on any atom is 0.254 e. The first-order chi connectivity index (χ1) is 7.52. The molecule has 0 spiro atoms. The van der Waals surface area contributed by atoms with Crippen molar-refractivity contribution < 1.29 is 4.79 Å². The predicted octanol–water partition coefficient (Wildman–Crippen LogP) is 3.77. The summed E-state index contributed by atoms with van der Waals surface area (Å²) in [5, 5.41) is 3.57. The van der Waals surface area contributed by atoms with Gasteiger partial charge in [0.15, 0.2) is 0 Å². The van der Waals surface area contributed by atoms with E-state index in [1.807, 2.05) is 0 Å². The van der Waals surface area contributed by atoms with Crippen LogP contribution in [0.2, 0.25) is 10.0 Å². The van der Waals surface area contributed by atoms with Gasteiger partial charge < -0.3 is 5.32 Å². The van der Waals surface area contributed by atoms with Gasteiger partial charge in [-0.15, -0.1) is 0 Å². The Bertz CT molecular complexity index is 357. The summed E-state index contributed by atoms with van der Waals surface area (Å²) in [6, 6.07) is 5.03. The summed E-state index contributed by atoms with van der Waals surface area (Å²) in [7, 11) is 0. The van der Waals surface area contributed by atoms with Crippen molar-refractivity contribution in [2.75, 3.05) is 6.54 Å². The minimum Gasteiger partial charge on any atom is -0.352 e. The number of carbonyl (C=O) groups is 1. The first kappa shape index (κ1) is 13.3. The van der Waals surface area contributed by atoms with Crippen molar-refractivity contribution in [3.05, 3.63) is 33.8 Å². The highest BCUT2D eigenvalue weighted by molar-refractivity contribution is 6.39. The van der Waals surface area contributed by atoms with E-state index < -0.39 is 0 Å². The molecular weight excluding hydrogens is 245 g/mol. The third-order valence-corrected chi connectivity index (χ3v) is 2.83. The molecule has 1 aromatic carbocycles. The third-order valence-electron chi connectivity index (χ3n) is 2.20. The van der Waals surface area contributed by atoms with Crippen molar-refractivity contribution in [1.29, 1.82) is 0 Å². The second kappa shape index (κ2) is 6.12. The summed E-state index contributed by atoms with van der Waals surface area (Å²) in [5.74, 6) is 0.346. The van der Waals surface area contributed by atoms with Crippen LogP contribution < -0.4 is 5.32 Å². The van der Waals surface area contributed by atoms with Gasteiger partial charge in [0.05, 0.1) is 15.6 Å². The smallest absolute Gasteiger partial charge is 0.254 e. The van der Waals surface area contributed by atoms with E-state index in [4.69, 9.17) is 23.2 Å². The Morgan fingerprint density at radius 2 is 1.88 bits per heavy atom. The van der Waals surface area contributed by atoms with Crippen LogP contribution in [0.1, 0.15) is 30.6 Å². The van der Waals surface area contributed by atoms with E-state index in [2.05, 4.69) is 19.2 Å². The molecule has 1 aromatic rings.